The lowest BCUT2D eigenvalue weighted by atomic mass is 10.1. The topological polar surface area (TPSA) is 88.4 Å². The third-order valence-corrected chi connectivity index (χ3v) is 5.56. The molecule has 1 heterocycles. The van der Waals surface area contributed by atoms with Crippen molar-refractivity contribution in [1.29, 1.82) is 0 Å². The fourth-order valence-electron chi connectivity index (χ4n) is 2.61. The van der Waals surface area contributed by atoms with E-state index in [4.69, 9.17) is 5.11 Å². The molecule has 0 unspecified atom stereocenters. The van der Waals surface area contributed by atoms with Crippen LogP contribution in [0.3, 0.4) is 0 Å². The molecule has 0 bridgehead atoms. The zero-order valence-corrected chi connectivity index (χ0v) is 14.0. The molecule has 1 aromatic heterocycles. The average Bonchev–Trinajstić information content (AvgIpc) is 2.95. The largest absolute Gasteiger partial charge is 0.465 e. The Labute approximate surface area is 139 Å². The van der Waals surface area contributed by atoms with Gasteiger partial charge in [0.15, 0.2) is 0 Å². The molecule has 0 radical (unpaired) electrons. The Morgan fingerprint density at radius 3 is 2.33 bits per heavy atom. The van der Waals surface area contributed by atoms with Gasteiger partial charge < -0.3 is 5.11 Å². The number of aryl methyl sites for hydroxylation is 2. The Balaban J connectivity index is 2.21. The van der Waals surface area contributed by atoms with Crippen molar-refractivity contribution >= 4 is 32.7 Å². The Morgan fingerprint density at radius 2 is 1.71 bits per heavy atom. The van der Waals surface area contributed by atoms with Crippen LogP contribution in [0.5, 0.6) is 0 Å². The molecule has 7 heteroatoms. The molecule has 0 fully saturated rings. The van der Waals surface area contributed by atoms with Crippen LogP contribution in [0.25, 0.3) is 10.9 Å². The fourth-order valence-corrected chi connectivity index (χ4v) is 3.95. The summed E-state index contributed by atoms with van der Waals surface area (Å²) in [5, 5.41) is 11.9. The summed E-state index contributed by atoms with van der Waals surface area (Å²) >= 11 is 0. The van der Waals surface area contributed by atoms with Crippen molar-refractivity contribution in [3.8, 4) is 0 Å². The third-order valence-electron chi connectivity index (χ3n) is 3.85. The summed E-state index contributed by atoms with van der Waals surface area (Å²) in [4.78, 5) is 11.2. The van der Waals surface area contributed by atoms with Gasteiger partial charge in [-0.15, -0.1) is 0 Å². The van der Waals surface area contributed by atoms with Crippen LogP contribution in [0, 0.1) is 13.8 Å². The number of carboxylic acid groups (broad SMARTS) is 1. The number of hydrogen-bond donors (Lipinski definition) is 2. The molecule has 24 heavy (non-hydrogen) atoms. The summed E-state index contributed by atoms with van der Waals surface area (Å²) < 4.78 is 26.9. The number of anilines is 1. The summed E-state index contributed by atoms with van der Waals surface area (Å²) in [6.07, 6.45) is 0.242. The highest BCUT2D eigenvalue weighted by Gasteiger charge is 2.20. The zero-order chi connectivity index (χ0) is 17.5. The minimum Gasteiger partial charge on any atom is -0.465 e. The van der Waals surface area contributed by atoms with E-state index in [9.17, 15) is 13.2 Å². The molecular formula is C17H16N2O4S. The third kappa shape index (κ3) is 2.63. The van der Waals surface area contributed by atoms with E-state index in [-0.39, 0.29) is 4.90 Å². The molecule has 2 N–H and O–H groups in total. The number of hydrogen-bond acceptors (Lipinski definition) is 3. The molecule has 0 aliphatic rings. The number of aromatic nitrogens is 1. The maximum atomic E-state index is 12.9. The average molecular weight is 344 g/mol. The molecule has 0 spiro atoms. The molecule has 3 aromatic rings. The second-order valence-electron chi connectivity index (χ2n) is 5.55. The van der Waals surface area contributed by atoms with E-state index in [0.717, 1.165) is 11.1 Å². The van der Waals surface area contributed by atoms with Gasteiger partial charge >= 0.3 is 6.09 Å². The highest BCUT2D eigenvalue weighted by Crippen LogP contribution is 2.30. The van der Waals surface area contributed by atoms with Crippen LogP contribution in [-0.4, -0.2) is 23.6 Å². The second-order valence-corrected chi connectivity index (χ2v) is 7.36. The Kier molecular flexibility index (Phi) is 3.81. The summed E-state index contributed by atoms with van der Waals surface area (Å²) in [5.41, 5.74) is 2.49. The van der Waals surface area contributed by atoms with Gasteiger partial charge in [-0.3, -0.25) is 5.32 Å². The van der Waals surface area contributed by atoms with Gasteiger partial charge in [0.1, 0.15) is 0 Å². The molecule has 0 aliphatic heterocycles. The Hall–Kier alpha value is -2.80. The molecule has 0 saturated heterocycles. The molecule has 124 valence electrons. The summed E-state index contributed by atoms with van der Waals surface area (Å²) in [6.45, 7) is 3.64. The molecule has 0 atom stereocenters. The highest BCUT2D eigenvalue weighted by atomic mass is 32.2. The van der Waals surface area contributed by atoms with E-state index in [1.54, 1.807) is 49.4 Å². The van der Waals surface area contributed by atoms with Crippen LogP contribution in [-0.2, 0) is 10.0 Å². The first kappa shape index (κ1) is 16.1. The van der Waals surface area contributed by atoms with E-state index in [2.05, 4.69) is 5.32 Å². The number of nitrogens with zero attached hydrogens (tertiary/aromatic N) is 1. The zero-order valence-electron chi connectivity index (χ0n) is 13.1. The van der Waals surface area contributed by atoms with Crippen molar-refractivity contribution in [3.05, 3.63) is 59.8 Å². The summed E-state index contributed by atoms with van der Waals surface area (Å²) in [7, 11) is -3.76. The van der Waals surface area contributed by atoms with Gasteiger partial charge in [0.2, 0.25) is 0 Å². The van der Waals surface area contributed by atoms with Crippen LogP contribution in [0.2, 0.25) is 0 Å². The van der Waals surface area contributed by atoms with Crippen LogP contribution in [0.4, 0.5) is 10.5 Å². The highest BCUT2D eigenvalue weighted by molar-refractivity contribution is 7.90. The molecule has 6 nitrogen and oxygen atoms in total. The van der Waals surface area contributed by atoms with Gasteiger partial charge in [-0.1, -0.05) is 23.8 Å². The molecular weight excluding hydrogens is 328 g/mol. The Morgan fingerprint density at radius 1 is 1.04 bits per heavy atom. The standard InChI is InChI=1S/C17H16N2O4S/c1-11-3-6-13(7-4-11)24(22,23)19-10-9-14-15(19)8-5-12(2)16(14)18-17(20)21/h3-10,18H,1-2H3,(H,20,21). The molecule has 0 aliphatic carbocycles. The normalized spacial score (nSPS) is 11.6. The summed E-state index contributed by atoms with van der Waals surface area (Å²) in [5.74, 6) is 0. The van der Waals surface area contributed by atoms with E-state index in [1.807, 2.05) is 6.92 Å². The van der Waals surface area contributed by atoms with E-state index in [0.29, 0.717) is 16.6 Å². The molecule has 1 amide bonds. The van der Waals surface area contributed by atoms with Crippen molar-refractivity contribution in [3.63, 3.8) is 0 Å². The first-order chi connectivity index (χ1) is 11.3. The summed E-state index contributed by atoms with van der Waals surface area (Å²) in [6, 6.07) is 11.5. The van der Waals surface area contributed by atoms with Gasteiger partial charge in [0.25, 0.3) is 10.0 Å². The van der Waals surface area contributed by atoms with Crippen molar-refractivity contribution < 1.29 is 18.3 Å². The number of fused-ring (bicyclic) bond motifs is 1. The van der Waals surface area contributed by atoms with Crippen LogP contribution in [0.1, 0.15) is 11.1 Å². The van der Waals surface area contributed by atoms with Gasteiger partial charge in [0.05, 0.1) is 16.1 Å². The minimum absolute atomic E-state index is 0.180. The van der Waals surface area contributed by atoms with Crippen LogP contribution in [0.15, 0.2) is 53.6 Å². The smallest absolute Gasteiger partial charge is 0.409 e. The van der Waals surface area contributed by atoms with Crippen molar-refractivity contribution in [2.45, 2.75) is 18.7 Å². The van der Waals surface area contributed by atoms with Crippen molar-refractivity contribution in [1.82, 2.24) is 3.97 Å². The van der Waals surface area contributed by atoms with Crippen molar-refractivity contribution in [2.24, 2.45) is 0 Å². The number of carbonyl (C=O) groups is 1. The number of benzene rings is 2. The first-order valence-corrected chi connectivity index (χ1v) is 8.67. The monoisotopic (exact) mass is 344 g/mol. The van der Waals surface area contributed by atoms with E-state index in [1.165, 1.54) is 10.2 Å². The van der Waals surface area contributed by atoms with E-state index < -0.39 is 16.1 Å². The number of nitrogens with one attached hydrogen (secondary N) is 1. The predicted octanol–water partition coefficient (Wildman–Crippen LogP) is 3.59. The van der Waals surface area contributed by atoms with Gasteiger partial charge in [-0.2, -0.15) is 0 Å². The predicted molar refractivity (Wildman–Crippen MR) is 92.1 cm³/mol. The van der Waals surface area contributed by atoms with Gasteiger partial charge in [-0.25, -0.2) is 17.2 Å². The lowest BCUT2D eigenvalue weighted by Gasteiger charge is -2.10. The van der Waals surface area contributed by atoms with Crippen molar-refractivity contribution in [2.75, 3.05) is 5.32 Å². The molecule has 2 aromatic carbocycles. The van der Waals surface area contributed by atoms with E-state index >= 15 is 0 Å². The maximum absolute atomic E-state index is 12.9. The van der Waals surface area contributed by atoms with Gasteiger partial charge in [-0.05, 0) is 43.7 Å². The van der Waals surface area contributed by atoms with Gasteiger partial charge in [0, 0.05) is 11.6 Å². The molecule has 0 saturated carbocycles. The second kappa shape index (κ2) is 5.68. The van der Waals surface area contributed by atoms with Crippen LogP contribution < -0.4 is 5.32 Å². The van der Waals surface area contributed by atoms with Crippen LogP contribution >= 0.6 is 0 Å². The fraction of sp³-hybridized carbons (Fsp3) is 0.118. The molecule has 3 rings (SSSR count). The first-order valence-electron chi connectivity index (χ1n) is 7.23. The minimum atomic E-state index is -3.76. The number of amides is 1. The lowest BCUT2D eigenvalue weighted by molar-refractivity contribution is 0.210. The Bertz CT molecular complexity index is 1030. The SMILES string of the molecule is Cc1ccc(S(=O)(=O)n2ccc3c(NC(=O)O)c(C)ccc32)cc1. The number of rotatable bonds is 3. The maximum Gasteiger partial charge on any atom is 0.409 e. The quantitative estimate of drug-likeness (QED) is 0.760. The lowest BCUT2D eigenvalue weighted by Crippen LogP contribution is -2.12.